The fourth-order valence-corrected chi connectivity index (χ4v) is 3.15. The van der Waals surface area contributed by atoms with Gasteiger partial charge >= 0.3 is 0 Å². The van der Waals surface area contributed by atoms with Gasteiger partial charge in [-0.05, 0) is 37.3 Å². The SMILES string of the molecule is C[C@@H](NS(=O)(=O)c1ccc(C#N)cc1)c1ccc(F)cc1F. The molecule has 0 bridgehead atoms. The van der Waals surface area contributed by atoms with E-state index >= 15 is 0 Å². The Bertz CT molecular complexity index is 828. The van der Waals surface area contributed by atoms with Crippen LogP contribution in [0, 0.1) is 23.0 Å². The highest BCUT2D eigenvalue weighted by Gasteiger charge is 2.20. The number of sulfonamides is 1. The van der Waals surface area contributed by atoms with E-state index in [1.807, 2.05) is 6.07 Å². The zero-order valence-corrected chi connectivity index (χ0v) is 12.4. The summed E-state index contributed by atoms with van der Waals surface area (Å²) in [6.07, 6.45) is 0. The molecule has 1 N–H and O–H groups in total. The summed E-state index contributed by atoms with van der Waals surface area (Å²) in [5.74, 6) is -1.56. The number of nitrogens with zero attached hydrogens (tertiary/aromatic N) is 1. The summed E-state index contributed by atoms with van der Waals surface area (Å²) in [5, 5.41) is 8.69. The zero-order chi connectivity index (χ0) is 16.3. The van der Waals surface area contributed by atoms with E-state index < -0.39 is 27.7 Å². The van der Waals surface area contributed by atoms with Crippen LogP contribution < -0.4 is 4.72 Å². The predicted octanol–water partition coefficient (Wildman–Crippen LogP) is 2.88. The van der Waals surface area contributed by atoms with Gasteiger partial charge in [0.25, 0.3) is 0 Å². The Balaban J connectivity index is 2.25. The molecular formula is C15H12F2N2O2S. The lowest BCUT2D eigenvalue weighted by molar-refractivity contribution is 0.540. The highest BCUT2D eigenvalue weighted by molar-refractivity contribution is 7.89. The second kappa shape index (κ2) is 6.22. The van der Waals surface area contributed by atoms with Crippen LogP contribution in [-0.2, 0) is 10.0 Å². The van der Waals surface area contributed by atoms with Crippen molar-refractivity contribution in [2.45, 2.75) is 17.9 Å². The molecule has 2 rings (SSSR count). The molecular weight excluding hydrogens is 310 g/mol. The minimum absolute atomic E-state index is 0.0404. The van der Waals surface area contributed by atoms with E-state index in [0.29, 0.717) is 11.6 Å². The molecule has 22 heavy (non-hydrogen) atoms. The minimum Gasteiger partial charge on any atom is -0.207 e. The van der Waals surface area contributed by atoms with E-state index in [0.717, 1.165) is 6.07 Å². The van der Waals surface area contributed by atoms with Crippen molar-refractivity contribution in [2.75, 3.05) is 0 Å². The Kier molecular flexibility index (Phi) is 4.54. The summed E-state index contributed by atoms with van der Waals surface area (Å²) in [7, 11) is -3.88. The van der Waals surface area contributed by atoms with Gasteiger partial charge < -0.3 is 0 Å². The molecule has 114 valence electrons. The van der Waals surface area contributed by atoms with Gasteiger partial charge in [-0.1, -0.05) is 6.07 Å². The van der Waals surface area contributed by atoms with Crippen LogP contribution in [0.1, 0.15) is 24.1 Å². The van der Waals surface area contributed by atoms with Crippen molar-refractivity contribution in [2.24, 2.45) is 0 Å². The molecule has 0 saturated heterocycles. The van der Waals surface area contributed by atoms with Gasteiger partial charge in [0.1, 0.15) is 11.6 Å². The van der Waals surface area contributed by atoms with Gasteiger partial charge in [0.05, 0.1) is 16.5 Å². The topological polar surface area (TPSA) is 70.0 Å². The highest BCUT2D eigenvalue weighted by atomic mass is 32.2. The van der Waals surface area contributed by atoms with Crippen molar-refractivity contribution >= 4 is 10.0 Å². The number of benzene rings is 2. The summed E-state index contributed by atoms with van der Waals surface area (Å²) in [5.41, 5.74) is 0.371. The monoisotopic (exact) mass is 322 g/mol. The van der Waals surface area contributed by atoms with Gasteiger partial charge in [0.2, 0.25) is 10.0 Å². The highest BCUT2D eigenvalue weighted by Crippen LogP contribution is 2.20. The summed E-state index contributed by atoms with van der Waals surface area (Å²) in [6.45, 7) is 1.46. The van der Waals surface area contributed by atoms with E-state index in [1.54, 1.807) is 0 Å². The normalized spacial score (nSPS) is 12.6. The quantitative estimate of drug-likeness (QED) is 0.941. The molecule has 0 aliphatic carbocycles. The first-order valence-electron chi connectivity index (χ1n) is 6.31. The fourth-order valence-electron chi connectivity index (χ4n) is 1.93. The second-order valence-corrected chi connectivity index (χ2v) is 6.36. The molecule has 0 fully saturated rings. The van der Waals surface area contributed by atoms with Gasteiger partial charge in [0.15, 0.2) is 0 Å². The largest absolute Gasteiger partial charge is 0.241 e. The van der Waals surface area contributed by atoms with E-state index in [9.17, 15) is 17.2 Å². The van der Waals surface area contributed by atoms with Gasteiger partial charge in [-0.3, -0.25) is 0 Å². The van der Waals surface area contributed by atoms with Gasteiger partial charge in [-0.15, -0.1) is 0 Å². The van der Waals surface area contributed by atoms with Crippen LogP contribution in [0.15, 0.2) is 47.4 Å². The molecule has 0 spiro atoms. The van der Waals surface area contributed by atoms with Crippen LogP contribution in [0.3, 0.4) is 0 Å². The van der Waals surface area contributed by atoms with E-state index in [2.05, 4.69) is 4.72 Å². The van der Waals surface area contributed by atoms with Crippen molar-refractivity contribution in [1.29, 1.82) is 5.26 Å². The van der Waals surface area contributed by atoms with Crippen LogP contribution in [0.25, 0.3) is 0 Å². The Morgan fingerprint density at radius 2 is 1.77 bits per heavy atom. The van der Waals surface area contributed by atoms with Crippen LogP contribution in [0.4, 0.5) is 8.78 Å². The number of hydrogen-bond acceptors (Lipinski definition) is 3. The number of halogens is 2. The zero-order valence-electron chi connectivity index (χ0n) is 11.5. The maximum absolute atomic E-state index is 13.7. The summed E-state index contributed by atoms with van der Waals surface area (Å²) < 4.78 is 53.3. The number of nitriles is 1. The summed E-state index contributed by atoms with van der Waals surface area (Å²) in [4.78, 5) is -0.0409. The van der Waals surface area contributed by atoms with Crippen molar-refractivity contribution in [3.63, 3.8) is 0 Å². The second-order valence-electron chi connectivity index (χ2n) is 4.64. The molecule has 2 aromatic carbocycles. The van der Waals surface area contributed by atoms with Crippen molar-refractivity contribution in [3.05, 3.63) is 65.2 Å². The number of nitrogens with one attached hydrogen (secondary N) is 1. The van der Waals surface area contributed by atoms with Gasteiger partial charge in [0, 0.05) is 17.7 Å². The summed E-state index contributed by atoms with van der Waals surface area (Å²) >= 11 is 0. The molecule has 0 saturated carbocycles. The molecule has 4 nitrogen and oxygen atoms in total. The number of hydrogen-bond donors (Lipinski definition) is 1. The van der Waals surface area contributed by atoms with Gasteiger partial charge in [-0.2, -0.15) is 5.26 Å². The minimum atomic E-state index is -3.88. The Labute approximate surface area is 127 Å². The molecule has 0 aromatic heterocycles. The van der Waals surface area contributed by atoms with Crippen LogP contribution in [0.5, 0.6) is 0 Å². The average Bonchev–Trinajstić information content (AvgIpc) is 2.46. The van der Waals surface area contributed by atoms with Crippen LogP contribution in [-0.4, -0.2) is 8.42 Å². The molecule has 0 unspecified atom stereocenters. The molecule has 1 atom stereocenters. The first kappa shape index (κ1) is 16.1. The first-order chi connectivity index (χ1) is 10.3. The van der Waals surface area contributed by atoms with E-state index in [4.69, 9.17) is 5.26 Å². The molecule has 0 aliphatic heterocycles. The van der Waals surface area contributed by atoms with Crippen LogP contribution in [0.2, 0.25) is 0 Å². The fraction of sp³-hybridized carbons (Fsp3) is 0.133. The average molecular weight is 322 g/mol. The third kappa shape index (κ3) is 3.47. The molecule has 7 heteroatoms. The third-order valence-corrected chi connectivity index (χ3v) is 4.61. The lowest BCUT2D eigenvalue weighted by Gasteiger charge is -2.15. The van der Waals surface area contributed by atoms with Crippen molar-refractivity contribution < 1.29 is 17.2 Å². The van der Waals surface area contributed by atoms with E-state index in [1.165, 1.54) is 37.3 Å². The molecule has 0 heterocycles. The number of rotatable bonds is 4. The lowest BCUT2D eigenvalue weighted by atomic mass is 10.1. The summed E-state index contributed by atoms with van der Waals surface area (Å²) in [6, 6.07) is 9.28. The Morgan fingerprint density at radius 3 is 2.32 bits per heavy atom. The molecule has 0 amide bonds. The van der Waals surface area contributed by atoms with Crippen LogP contribution >= 0.6 is 0 Å². The molecule has 0 radical (unpaired) electrons. The van der Waals surface area contributed by atoms with Gasteiger partial charge in [-0.25, -0.2) is 21.9 Å². The Morgan fingerprint density at radius 1 is 1.14 bits per heavy atom. The molecule has 2 aromatic rings. The Hall–Kier alpha value is -2.30. The van der Waals surface area contributed by atoms with Crippen molar-refractivity contribution in [3.8, 4) is 6.07 Å². The first-order valence-corrected chi connectivity index (χ1v) is 7.79. The predicted molar refractivity (Wildman–Crippen MR) is 76.3 cm³/mol. The third-order valence-electron chi connectivity index (χ3n) is 3.05. The molecule has 0 aliphatic rings. The van der Waals surface area contributed by atoms with Crippen molar-refractivity contribution in [1.82, 2.24) is 4.72 Å². The maximum Gasteiger partial charge on any atom is 0.241 e. The lowest BCUT2D eigenvalue weighted by Crippen LogP contribution is -2.27. The maximum atomic E-state index is 13.7. The van der Waals surface area contributed by atoms with E-state index in [-0.39, 0.29) is 10.5 Å². The smallest absolute Gasteiger partial charge is 0.207 e. The standard InChI is InChI=1S/C15H12F2N2O2S/c1-10(14-7-4-12(16)8-15(14)17)19-22(20,21)13-5-2-11(9-18)3-6-13/h2-8,10,19H,1H3/t10-/m1/s1.